The van der Waals surface area contributed by atoms with Gasteiger partial charge in [-0.2, -0.15) is 5.10 Å². The molecule has 1 heterocycles. The lowest BCUT2D eigenvalue weighted by Gasteiger charge is -2.10. The van der Waals surface area contributed by atoms with Gasteiger partial charge in [-0.3, -0.25) is 0 Å². The summed E-state index contributed by atoms with van der Waals surface area (Å²) in [6.45, 7) is 1.90. The second-order valence-electron chi connectivity index (χ2n) is 4.70. The van der Waals surface area contributed by atoms with Crippen LogP contribution in [0.2, 0.25) is 5.02 Å². The number of anilines is 2. The maximum atomic E-state index is 13.3. The molecule has 0 fully saturated rings. The van der Waals surface area contributed by atoms with Gasteiger partial charge in [-0.25, -0.2) is 9.07 Å². The van der Waals surface area contributed by atoms with Crippen LogP contribution in [0.25, 0.3) is 5.69 Å². The van der Waals surface area contributed by atoms with Crippen LogP contribution in [0.4, 0.5) is 15.9 Å². The van der Waals surface area contributed by atoms with Crippen molar-refractivity contribution in [3.63, 3.8) is 0 Å². The van der Waals surface area contributed by atoms with Gasteiger partial charge in [0.05, 0.1) is 11.4 Å². The van der Waals surface area contributed by atoms with Crippen LogP contribution in [0.3, 0.4) is 0 Å². The molecular weight excluding hydrogens is 289 g/mol. The minimum atomic E-state index is -0.287. The van der Waals surface area contributed by atoms with Crippen molar-refractivity contribution < 1.29 is 4.39 Å². The van der Waals surface area contributed by atoms with Gasteiger partial charge in [0.25, 0.3) is 0 Å². The number of nitrogens with one attached hydrogen (secondary N) is 1. The molecule has 5 heteroatoms. The monoisotopic (exact) mass is 301 g/mol. The highest BCUT2D eigenvalue weighted by Crippen LogP contribution is 2.23. The maximum absolute atomic E-state index is 13.3. The quantitative estimate of drug-likeness (QED) is 0.759. The largest absolute Gasteiger partial charge is 0.340 e. The molecule has 0 radical (unpaired) electrons. The van der Waals surface area contributed by atoms with E-state index in [0.717, 1.165) is 17.2 Å². The molecule has 106 valence electrons. The summed E-state index contributed by atoms with van der Waals surface area (Å²) in [6, 6.07) is 15.6. The van der Waals surface area contributed by atoms with Crippen molar-refractivity contribution in [1.29, 1.82) is 0 Å². The Bertz CT molecular complexity index is 783. The molecule has 1 aromatic heterocycles. The Labute approximate surface area is 127 Å². The molecule has 21 heavy (non-hydrogen) atoms. The van der Waals surface area contributed by atoms with E-state index in [4.69, 9.17) is 11.6 Å². The number of rotatable bonds is 3. The van der Waals surface area contributed by atoms with Gasteiger partial charge in [0.15, 0.2) is 0 Å². The molecule has 0 aliphatic carbocycles. The van der Waals surface area contributed by atoms with Crippen molar-refractivity contribution in [2.45, 2.75) is 6.92 Å². The third kappa shape index (κ3) is 3.06. The van der Waals surface area contributed by atoms with E-state index in [-0.39, 0.29) is 5.82 Å². The second kappa shape index (κ2) is 5.58. The zero-order valence-electron chi connectivity index (χ0n) is 11.3. The number of hydrogen-bond acceptors (Lipinski definition) is 2. The minimum absolute atomic E-state index is 0.287. The normalized spacial score (nSPS) is 10.6. The summed E-state index contributed by atoms with van der Waals surface area (Å²) >= 11 is 6.02. The molecule has 0 spiro atoms. The van der Waals surface area contributed by atoms with E-state index < -0.39 is 0 Å². The van der Waals surface area contributed by atoms with E-state index in [9.17, 15) is 4.39 Å². The van der Waals surface area contributed by atoms with Crippen molar-refractivity contribution >= 4 is 23.1 Å². The van der Waals surface area contributed by atoms with Crippen molar-refractivity contribution in [1.82, 2.24) is 9.78 Å². The number of nitrogens with zero attached hydrogens (tertiary/aromatic N) is 2. The zero-order valence-corrected chi connectivity index (χ0v) is 12.1. The first-order valence-corrected chi connectivity index (χ1v) is 6.85. The summed E-state index contributed by atoms with van der Waals surface area (Å²) in [5.74, 6) is 0.464. The molecule has 3 rings (SSSR count). The highest BCUT2D eigenvalue weighted by molar-refractivity contribution is 6.30. The summed E-state index contributed by atoms with van der Waals surface area (Å²) in [4.78, 5) is 0. The van der Waals surface area contributed by atoms with E-state index in [1.807, 2.05) is 31.2 Å². The van der Waals surface area contributed by atoms with Crippen LogP contribution in [0.1, 0.15) is 5.69 Å². The smallest absolute Gasteiger partial charge is 0.134 e. The van der Waals surface area contributed by atoms with Crippen molar-refractivity contribution in [2.75, 3.05) is 5.32 Å². The Morgan fingerprint density at radius 2 is 1.90 bits per heavy atom. The lowest BCUT2D eigenvalue weighted by molar-refractivity contribution is 0.628. The third-order valence-electron chi connectivity index (χ3n) is 2.98. The average Bonchev–Trinajstić information content (AvgIpc) is 2.79. The van der Waals surface area contributed by atoms with Crippen LogP contribution < -0.4 is 5.32 Å². The molecule has 2 aromatic carbocycles. The molecule has 0 aliphatic heterocycles. The van der Waals surface area contributed by atoms with E-state index in [2.05, 4.69) is 10.4 Å². The fourth-order valence-corrected chi connectivity index (χ4v) is 2.29. The standard InChI is InChI=1S/C16H13ClFN3/c1-11-8-16(19-14-6-3-5-13(18)10-14)21(20-11)15-7-2-4-12(17)9-15/h2-10,19H,1H3. The third-order valence-corrected chi connectivity index (χ3v) is 3.22. The molecule has 0 bridgehead atoms. The van der Waals surface area contributed by atoms with Crippen LogP contribution in [0.5, 0.6) is 0 Å². The van der Waals surface area contributed by atoms with Crippen LogP contribution in [-0.2, 0) is 0 Å². The predicted octanol–water partition coefficient (Wildman–Crippen LogP) is 4.72. The predicted molar refractivity (Wildman–Crippen MR) is 83.0 cm³/mol. The Kier molecular flexibility index (Phi) is 3.62. The first-order valence-electron chi connectivity index (χ1n) is 6.47. The topological polar surface area (TPSA) is 29.9 Å². The molecule has 0 saturated heterocycles. The summed E-state index contributed by atoms with van der Waals surface area (Å²) in [5, 5.41) is 8.25. The number of benzene rings is 2. The van der Waals surface area contributed by atoms with Gasteiger partial charge in [0.2, 0.25) is 0 Å². The Hall–Kier alpha value is -2.33. The Morgan fingerprint density at radius 3 is 2.67 bits per heavy atom. The zero-order chi connectivity index (χ0) is 14.8. The Morgan fingerprint density at radius 1 is 1.10 bits per heavy atom. The van der Waals surface area contributed by atoms with Crippen molar-refractivity contribution in [2.24, 2.45) is 0 Å². The average molecular weight is 302 g/mol. The summed E-state index contributed by atoms with van der Waals surface area (Å²) < 4.78 is 15.0. The highest BCUT2D eigenvalue weighted by Gasteiger charge is 2.08. The summed E-state index contributed by atoms with van der Waals surface area (Å²) in [6.07, 6.45) is 0. The van der Waals surface area contributed by atoms with Gasteiger partial charge < -0.3 is 5.32 Å². The van der Waals surface area contributed by atoms with E-state index >= 15 is 0 Å². The van der Waals surface area contributed by atoms with Gasteiger partial charge in [0.1, 0.15) is 11.6 Å². The van der Waals surface area contributed by atoms with E-state index in [1.165, 1.54) is 12.1 Å². The number of aromatic nitrogens is 2. The van der Waals surface area contributed by atoms with Crippen LogP contribution in [0.15, 0.2) is 54.6 Å². The van der Waals surface area contributed by atoms with Crippen LogP contribution in [-0.4, -0.2) is 9.78 Å². The first-order chi connectivity index (χ1) is 10.1. The first kappa shape index (κ1) is 13.6. The molecule has 0 aliphatic rings. The molecule has 0 amide bonds. The minimum Gasteiger partial charge on any atom is -0.340 e. The fourth-order valence-electron chi connectivity index (χ4n) is 2.11. The maximum Gasteiger partial charge on any atom is 0.134 e. The van der Waals surface area contributed by atoms with Gasteiger partial charge >= 0.3 is 0 Å². The molecule has 3 nitrogen and oxygen atoms in total. The van der Waals surface area contributed by atoms with Crippen LogP contribution >= 0.6 is 11.6 Å². The fraction of sp³-hybridized carbons (Fsp3) is 0.0625. The molecule has 0 atom stereocenters. The highest BCUT2D eigenvalue weighted by atomic mass is 35.5. The van der Waals surface area contributed by atoms with E-state index in [0.29, 0.717) is 10.7 Å². The molecule has 3 aromatic rings. The van der Waals surface area contributed by atoms with Gasteiger partial charge in [0, 0.05) is 16.8 Å². The van der Waals surface area contributed by atoms with Gasteiger partial charge in [-0.05, 0) is 43.3 Å². The molecule has 0 saturated carbocycles. The van der Waals surface area contributed by atoms with Gasteiger partial charge in [-0.15, -0.1) is 0 Å². The lowest BCUT2D eigenvalue weighted by atomic mass is 10.3. The number of aryl methyl sites for hydroxylation is 1. The SMILES string of the molecule is Cc1cc(Nc2cccc(F)c2)n(-c2cccc(Cl)c2)n1. The summed E-state index contributed by atoms with van der Waals surface area (Å²) in [7, 11) is 0. The molecule has 1 N–H and O–H groups in total. The summed E-state index contributed by atoms with van der Waals surface area (Å²) in [5.41, 5.74) is 2.36. The number of halogens is 2. The number of hydrogen-bond donors (Lipinski definition) is 1. The van der Waals surface area contributed by atoms with Crippen LogP contribution in [0, 0.1) is 12.7 Å². The Balaban J connectivity index is 2.00. The molecular formula is C16H13ClFN3. The van der Waals surface area contributed by atoms with Crippen molar-refractivity contribution in [3.05, 3.63) is 71.1 Å². The van der Waals surface area contributed by atoms with E-state index in [1.54, 1.807) is 22.9 Å². The van der Waals surface area contributed by atoms with Gasteiger partial charge in [-0.1, -0.05) is 23.7 Å². The lowest BCUT2D eigenvalue weighted by Crippen LogP contribution is -2.02. The molecule has 0 unspecified atom stereocenters. The second-order valence-corrected chi connectivity index (χ2v) is 5.13. The van der Waals surface area contributed by atoms with Crippen molar-refractivity contribution in [3.8, 4) is 5.69 Å².